The fourth-order valence-electron chi connectivity index (χ4n) is 1.64. The van der Waals surface area contributed by atoms with Gasteiger partial charge in [0.05, 0.1) is 4.90 Å². The zero-order valence-electron chi connectivity index (χ0n) is 9.70. The second-order valence-electron chi connectivity index (χ2n) is 3.82. The van der Waals surface area contributed by atoms with Crippen molar-refractivity contribution in [2.24, 2.45) is 5.73 Å². The molecule has 18 heavy (non-hydrogen) atoms. The van der Waals surface area contributed by atoms with Gasteiger partial charge in [0.25, 0.3) is 0 Å². The van der Waals surface area contributed by atoms with Gasteiger partial charge in [-0.15, -0.1) is 0 Å². The Hall–Kier alpha value is -0.840. The van der Waals surface area contributed by atoms with Gasteiger partial charge in [0.1, 0.15) is 5.82 Å². The number of hydrogen-bond acceptors (Lipinski definition) is 2. The molecule has 1 nitrogen and oxygen atoms in total. The van der Waals surface area contributed by atoms with Crippen molar-refractivity contribution < 1.29 is 4.39 Å². The molecule has 0 aliphatic rings. The van der Waals surface area contributed by atoms with E-state index in [9.17, 15) is 4.39 Å². The van der Waals surface area contributed by atoms with Crippen LogP contribution < -0.4 is 5.73 Å². The molecular formula is C14H13BrFNS. The molecule has 0 atom stereocenters. The lowest BCUT2D eigenvalue weighted by molar-refractivity contribution is 0.597. The molecule has 2 N–H and O–H groups in total. The fraction of sp³-hybridized carbons (Fsp3) is 0.143. The van der Waals surface area contributed by atoms with Crippen LogP contribution in [0.5, 0.6) is 0 Å². The van der Waals surface area contributed by atoms with Crippen LogP contribution in [0.4, 0.5) is 4.39 Å². The van der Waals surface area contributed by atoms with E-state index in [0.29, 0.717) is 17.9 Å². The summed E-state index contributed by atoms with van der Waals surface area (Å²) in [5, 5.41) is 0. The number of halogens is 2. The largest absolute Gasteiger partial charge is 0.330 e. The first-order valence-electron chi connectivity index (χ1n) is 5.61. The van der Waals surface area contributed by atoms with Crippen LogP contribution in [0.25, 0.3) is 0 Å². The predicted octanol–water partition coefficient (Wildman–Crippen LogP) is 4.24. The molecule has 0 unspecified atom stereocenters. The SMILES string of the molecule is NCCc1cccc(F)c1Sc1ccc(Br)cc1. The summed E-state index contributed by atoms with van der Waals surface area (Å²) in [5.41, 5.74) is 6.52. The van der Waals surface area contributed by atoms with Gasteiger partial charge >= 0.3 is 0 Å². The molecule has 0 aliphatic carbocycles. The standard InChI is InChI=1S/C14H13BrFNS/c15-11-4-6-12(7-5-11)18-14-10(8-9-17)2-1-3-13(14)16/h1-7H,8-9,17H2. The van der Waals surface area contributed by atoms with E-state index < -0.39 is 0 Å². The Labute approximate surface area is 119 Å². The van der Waals surface area contributed by atoms with Crippen molar-refractivity contribution in [1.29, 1.82) is 0 Å². The molecule has 4 heteroatoms. The quantitative estimate of drug-likeness (QED) is 0.909. The molecule has 0 radical (unpaired) electrons. The normalized spacial score (nSPS) is 10.6. The topological polar surface area (TPSA) is 26.0 Å². The summed E-state index contributed by atoms with van der Waals surface area (Å²) in [5.74, 6) is -0.186. The lowest BCUT2D eigenvalue weighted by atomic mass is 10.1. The number of rotatable bonds is 4. The zero-order valence-corrected chi connectivity index (χ0v) is 12.1. The van der Waals surface area contributed by atoms with Crippen molar-refractivity contribution >= 4 is 27.7 Å². The highest BCUT2D eigenvalue weighted by Gasteiger charge is 2.09. The molecule has 2 aromatic carbocycles. The van der Waals surface area contributed by atoms with Gasteiger partial charge in [0.15, 0.2) is 0 Å². The summed E-state index contributed by atoms with van der Waals surface area (Å²) in [6.07, 6.45) is 0.691. The maximum atomic E-state index is 13.9. The Bertz CT molecular complexity index is 528. The van der Waals surface area contributed by atoms with Crippen LogP contribution >= 0.6 is 27.7 Å². The van der Waals surface area contributed by atoms with Crippen molar-refractivity contribution in [3.05, 3.63) is 58.3 Å². The van der Waals surface area contributed by atoms with Gasteiger partial charge in [0.2, 0.25) is 0 Å². The highest BCUT2D eigenvalue weighted by molar-refractivity contribution is 9.10. The smallest absolute Gasteiger partial charge is 0.137 e. The minimum absolute atomic E-state index is 0.186. The Morgan fingerprint density at radius 1 is 1.11 bits per heavy atom. The molecule has 0 saturated heterocycles. The van der Waals surface area contributed by atoms with E-state index in [4.69, 9.17) is 5.73 Å². The molecule has 0 aliphatic heterocycles. The fourth-order valence-corrected chi connectivity index (χ4v) is 2.88. The first kappa shape index (κ1) is 13.6. The maximum Gasteiger partial charge on any atom is 0.137 e. The average molecular weight is 326 g/mol. The van der Waals surface area contributed by atoms with Crippen molar-refractivity contribution in [1.82, 2.24) is 0 Å². The Morgan fingerprint density at radius 3 is 2.50 bits per heavy atom. The molecule has 0 aromatic heterocycles. The van der Waals surface area contributed by atoms with Gasteiger partial charge in [-0.3, -0.25) is 0 Å². The monoisotopic (exact) mass is 325 g/mol. The van der Waals surface area contributed by atoms with E-state index in [1.807, 2.05) is 30.3 Å². The molecule has 2 aromatic rings. The van der Waals surface area contributed by atoms with Crippen LogP contribution in [0.3, 0.4) is 0 Å². The lowest BCUT2D eigenvalue weighted by Crippen LogP contribution is -2.04. The first-order valence-corrected chi connectivity index (χ1v) is 7.22. The molecule has 2 rings (SSSR count). The van der Waals surface area contributed by atoms with Crippen LogP contribution in [0.2, 0.25) is 0 Å². The summed E-state index contributed by atoms with van der Waals surface area (Å²) < 4.78 is 14.9. The van der Waals surface area contributed by atoms with E-state index in [2.05, 4.69) is 15.9 Å². The van der Waals surface area contributed by atoms with Gasteiger partial charge in [-0.2, -0.15) is 0 Å². The first-order chi connectivity index (χ1) is 8.70. The van der Waals surface area contributed by atoms with Crippen LogP contribution in [0.1, 0.15) is 5.56 Å². The third-order valence-electron chi connectivity index (χ3n) is 2.50. The molecule has 0 amide bonds. The summed E-state index contributed by atoms with van der Waals surface area (Å²) in [4.78, 5) is 1.69. The summed E-state index contributed by atoms with van der Waals surface area (Å²) in [6, 6.07) is 13.0. The van der Waals surface area contributed by atoms with Crippen molar-refractivity contribution in [2.75, 3.05) is 6.54 Å². The van der Waals surface area contributed by atoms with Gasteiger partial charge in [0, 0.05) is 9.37 Å². The third kappa shape index (κ3) is 3.34. The molecule has 0 fully saturated rings. The number of benzene rings is 2. The number of nitrogens with two attached hydrogens (primary N) is 1. The molecule has 0 spiro atoms. The highest BCUT2D eigenvalue weighted by atomic mass is 79.9. The molecule has 94 valence electrons. The Morgan fingerprint density at radius 2 is 1.83 bits per heavy atom. The second-order valence-corrected chi connectivity index (χ2v) is 5.82. The zero-order chi connectivity index (χ0) is 13.0. The van der Waals surface area contributed by atoms with Crippen molar-refractivity contribution in [3.63, 3.8) is 0 Å². The maximum absolute atomic E-state index is 13.9. The van der Waals surface area contributed by atoms with E-state index >= 15 is 0 Å². The summed E-state index contributed by atoms with van der Waals surface area (Å²) >= 11 is 4.82. The van der Waals surface area contributed by atoms with Crippen molar-refractivity contribution in [2.45, 2.75) is 16.2 Å². The Kier molecular flexibility index (Phi) is 4.80. The molecular weight excluding hydrogens is 313 g/mol. The second kappa shape index (κ2) is 6.36. The average Bonchev–Trinajstić information content (AvgIpc) is 2.36. The summed E-state index contributed by atoms with van der Waals surface area (Å²) in [7, 11) is 0. The van der Waals surface area contributed by atoms with E-state index in [0.717, 1.165) is 14.9 Å². The lowest BCUT2D eigenvalue weighted by Gasteiger charge is -2.09. The Balaban J connectivity index is 2.30. The van der Waals surface area contributed by atoms with Gasteiger partial charge < -0.3 is 5.73 Å². The number of hydrogen-bond donors (Lipinski definition) is 1. The molecule has 0 saturated carbocycles. The molecule has 0 heterocycles. The van der Waals surface area contributed by atoms with E-state index in [1.165, 1.54) is 17.8 Å². The van der Waals surface area contributed by atoms with Crippen LogP contribution in [-0.4, -0.2) is 6.54 Å². The van der Waals surface area contributed by atoms with Crippen molar-refractivity contribution in [3.8, 4) is 0 Å². The highest BCUT2D eigenvalue weighted by Crippen LogP contribution is 2.33. The minimum Gasteiger partial charge on any atom is -0.330 e. The van der Waals surface area contributed by atoms with Crippen LogP contribution in [0, 0.1) is 5.82 Å². The van der Waals surface area contributed by atoms with Gasteiger partial charge in [-0.1, -0.05) is 39.8 Å². The molecule has 0 bridgehead atoms. The van der Waals surface area contributed by atoms with Gasteiger partial charge in [-0.05, 0) is 48.9 Å². The predicted molar refractivity (Wildman–Crippen MR) is 77.4 cm³/mol. The van der Waals surface area contributed by atoms with Gasteiger partial charge in [-0.25, -0.2) is 4.39 Å². The van der Waals surface area contributed by atoms with Crippen LogP contribution in [0.15, 0.2) is 56.7 Å². The minimum atomic E-state index is -0.186. The summed E-state index contributed by atoms with van der Waals surface area (Å²) in [6.45, 7) is 0.525. The van der Waals surface area contributed by atoms with Crippen LogP contribution in [-0.2, 0) is 6.42 Å². The van der Waals surface area contributed by atoms with E-state index in [-0.39, 0.29) is 5.82 Å². The third-order valence-corrected chi connectivity index (χ3v) is 4.19. The van der Waals surface area contributed by atoms with E-state index in [1.54, 1.807) is 6.07 Å².